The minimum absolute atomic E-state index is 0.0767. The quantitative estimate of drug-likeness (QED) is 0.731. The zero-order valence-electron chi connectivity index (χ0n) is 9.89. The molecule has 1 aromatic carbocycles. The summed E-state index contributed by atoms with van der Waals surface area (Å²) < 4.78 is 0. The number of phenols is 2. The normalized spacial score (nSPS) is 17.1. The molecule has 1 fully saturated rings. The van der Waals surface area contributed by atoms with Gasteiger partial charge < -0.3 is 15.1 Å². The average Bonchev–Trinajstić information content (AvgIpc) is 2.33. The second-order valence-electron chi connectivity index (χ2n) is 4.68. The maximum atomic E-state index is 12.1. The van der Waals surface area contributed by atoms with Gasteiger partial charge in [-0.15, -0.1) is 0 Å². The molecule has 1 aliphatic heterocycles. The molecule has 0 unspecified atom stereocenters. The number of nitrogens with zero attached hydrogens (tertiary/aromatic N) is 1. The number of amides is 1. The van der Waals surface area contributed by atoms with E-state index in [0.717, 1.165) is 25.9 Å². The van der Waals surface area contributed by atoms with E-state index in [0.29, 0.717) is 11.5 Å². The predicted octanol–water partition coefficient (Wildman–Crippen LogP) is 1.97. The molecule has 1 heterocycles. The Balaban J connectivity index is 2.11. The van der Waals surface area contributed by atoms with Crippen molar-refractivity contribution in [3.63, 3.8) is 0 Å². The van der Waals surface area contributed by atoms with Gasteiger partial charge in [0.2, 0.25) is 0 Å². The van der Waals surface area contributed by atoms with E-state index in [1.165, 1.54) is 18.2 Å². The topological polar surface area (TPSA) is 60.8 Å². The molecule has 4 nitrogen and oxygen atoms in total. The number of benzene rings is 1. The maximum absolute atomic E-state index is 12.1. The summed E-state index contributed by atoms with van der Waals surface area (Å²) in [6, 6.07) is 4.19. The van der Waals surface area contributed by atoms with Gasteiger partial charge in [-0.1, -0.05) is 6.92 Å². The fourth-order valence-electron chi connectivity index (χ4n) is 2.05. The lowest BCUT2D eigenvalue weighted by molar-refractivity contribution is 0.0697. The van der Waals surface area contributed by atoms with Crippen molar-refractivity contribution in [1.29, 1.82) is 0 Å². The summed E-state index contributed by atoms with van der Waals surface area (Å²) in [6.07, 6.45) is 2.05. The fourth-order valence-corrected chi connectivity index (χ4v) is 2.05. The molecular weight excluding hydrogens is 218 g/mol. The highest BCUT2D eigenvalue weighted by atomic mass is 16.3. The van der Waals surface area contributed by atoms with Gasteiger partial charge in [0.05, 0.1) is 0 Å². The van der Waals surface area contributed by atoms with Gasteiger partial charge >= 0.3 is 0 Å². The second kappa shape index (κ2) is 4.65. The van der Waals surface area contributed by atoms with Crippen molar-refractivity contribution in [1.82, 2.24) is 4.90 Å². The third-order valence-electron chi connectivity index (χ3n) is 3.29. The van der Waals surface area contributed by atoms with Crippen molar-refractivity contribution in [3.05, 3.63) is 23.8 Å². The Morgan fingerprint density at radius 3 is 2.47 bits per heavy atom. The van der Waals surface area contributed by atoms with Crippen LogP contribution in [0.15, 0.2) is 18.2 Å². The summed E-state index contributed by atoms with van der Waals surface area (Å²) in [5.74, 6) is 0.148. The second-order valence-corrected chi connectivity index (χ2v) is 4.68. The van der Waals surface area contributed by atoms with Crippen LogP contribution in [0.25, 0.3) is 0 Å². The van der Waals surface area contributed by atoms with Crippen LogP contribution in [0.3, 0.4) is 0 Å². The molecule has 1 aromatic rings. The molecule has 0 atom stereocenters. The Bertz CT molecular complexity index is 423. The van der Waals surface area contributed by atoms with E-state index in [-0.39, 0.29) is 17.4 Å². The van der Waals surface area contributed by atoms with Gasteiger partial charge in [-0.05, 0) is 37.0 Å². The Kier molecular flexibility index (Phi) is 3.22. The standard InChI is InChI=1S/C13H17NO3/c1-9-4-6-14(7-5-9)13(17)10-2-3-11(15)12(16)8-10/h2-3,8-9,15-16H,4-7H2,1H3. The number of phenolic OH excluding ortho intramolecular Hbond substituents is 2. The average molecular weight is 235 g/mol. The number of piperidine rings is 1. The Morgan fingerprint density at radius 2 is 1.88 bits per heavy atom. The largest absolute Gasteiger partial charge is 0.504 e. The molecule has 0 spiro atoms. The van der Waals surface area contributed by atoms with Crippen LogP contribution in [0.2, 0.25) is 0 Å². The number of aromatic hydroxyl groups is 2. The first-order chi connectivity index (χ1) is 8.08. The van der Waals surface area contributed by atoms with E-state index < -0.39 is 0 Å². The molecule has 4 heteroatoms. The van der Waals surface area contributed by atoms with Crippen LogP contribution in [0.4, 0.5) is 0 Å². The summed E-state index contributed by atoms with van der Waals surface area (Å²) in [5, 5.41) is 18.6. The van der Waals surface area contributed by atoms with Gasteiger partial charge in [-0.25, -0.2) is 0 Å². The molecule has 0 aromatic heterocycles. The number of hydrogen-bond donors (Lipinski definition) is 2. The van der Waals surface area contributed by atoms with Crippen molar-refractivity contribution < 1.29 is 15.0 Å². The highest BCUT2D eigenvalue weighted by molar-refractivity contribution is 5.94. The zero-order chi connectivity index (χ0) is 12.4. The van der Waals surface area contributed by atoms with Crippen LogP contribution in [-0.2, 0) is 0 Å². The van der Waals surface area contributed by atoms with Crippen molar-refractivity contribution in [2.45, 2.75) is 19.8 Å². The highest BCUT2D eigenvalue weighted by Crippen LogP contribution is 2.26. The van der Waals surface area contributed by atoms with Gasteiger partial charge in [-0.2, -0.15) is 0 Å². The molecule has 1 aliphatic rings. The molecule has 92 valence electrons. The van der Waals surface area contributed by atoms with Crippen LogP contribution < -0.4 is 0 Å². The molecule has 1 saturated heterocycles. The highest BCUT2D eigenvalue weighted by Gasteiger charge is 2.21. The van der Waals surface area contributed by atoms with Gasteiger partial charge in [-0.3, -0.25) is 4.79 Å². The first-order valence-electron chi connectivity index (χ1n) is 5.89. The van der Waals surface area contributed by atoms with Gasteiger partial charge in [0, 0.05) is 18.7 Å². The Labute approximate surface area is 100 Å². The molecule has 0 radical (unpaired) electrons. The number of likely N-dealkylation sites (tertiary alicyclic amines) is 1. The van der Waals surface area contributed by atoms with Crippen molar-refractivity contribution in [3.8, 4) is 11.5 Å². The van der Waals surface area contributed by atoms with E-state index >= 15 is 0 Å². The number of rotatable bonds is 1. The van der Waals surface area contributed by atoms with E-state index in [4.69, 9.17) is 0 Å². The van der Waals surface area contributed by atoms with E-state index in [1.54, 1.807) is 4.90 Å². The van der Waals surface area contributed by atoms with Crippen LogP contribution in [0.5, 0.6) is 11.5 Å². The minimum atomic E-state index is -0.249. The van der Waals surface area contributed by atoms with Gasteiger partial charge in [0.15, 0.2) is 11.5 Å². The van der Waals surface area contributed by atoms with Crippen molar-refractivity contribution in [2.24, 2.45) is 5.92 Å². The van der Waals surface area contributed by atoms with E-state index in [2.05, 4.69) is 6.92 Å². The summed E-state index contributed by atoms with van der Waals surface area (Å²) in [5.41, 5.74) is 0.426. The third kappa shape index (κ3) is 2.52. The lowest BCUT2D eigenvalue weighted by atomic mass is 9.98. The Hall–Kier alpha value is -1.71. The summed E-state index contributed by atoms with van der Waals surface area (Å²) in [6.45, 7) is 3.72. The molecule has 0 aliphatic carbocycles. The van der Waals surface area contributed by atoms with Gasteiger partial charge in [0.25, 0.3) is 5.91 Å². The lowest BCUT2D eigenvalue weighted by Crippen LogP contribution is -2.37. The van der Waals surface area contributed by atoms with Crippen LogP contribution in [0, 0.1) is 5.92 Å². The molecule has 2 N–H and O–H groups in total. The lowest BCUT2D eigenvalue weighted by Gasteiger charge is -2.30. The molecule has 1 amide bonds. The molecule has 17 heavy (non-hydrogen) atoms. The Morgan fingerprint density at radius 1 is 1.24 bits per heavy atom. The molecular formula is C13H17NO3. The smallest absolute Gasteiger partial charge is 0.253 e. The fraction of sp³-hybridized carbons (Fsp3) is 0.462. The molecule has 0 saturated carbocycles. The maximum Gasteiger partial charge on any atom is 0.253 e. The monoisotopic (exact) mass is 235 g/mol. The number of hydrogen-bond acceptors (Lipinski definition) is 3. The summed E-state index contributed by atoms with van der Waals surface area (Å²) >= 11 is 0. The number of carbonyl (C=O) groups is 1. The van der Waals surface area contributed by atoms with Crippen molar-refractivity contribution >= 4 is 5.91 Å². The minimum Gasteiger partial charge on any atom is -0.504 e. The molecule has 0 bridgehead atoms. The zero-order valence-corrected chi connectivity index (χ0v) is 9.89. The first kappa shape index (κ1) is 11.8. The molecule has 2 rings (SSSR count). The summed E-state index contributed by atoms with van der Waals surface area (Å²) in [4.78, 5) is 13.9. The number of carbonyl (C=O) groups excluding carboxylic acids is 1. The predicted molar refractivity (Wildman–Crippen MR) is 64.1 cm³/mol. The van der Waals surface area contributed by atoms with E-state index in [1.807, 2.05) is 0 Å². The van der Waals surface area contributed by atoms with E-state index in [9.17, 15) is 15.0 Å². The third-order valence-corrected chi connectivity index (χ3v) is 3.29. The first-order valence-corrected chi connectivity index (χ1v) is 5.89. The summed E-state index contributed by atoms with van der Waals surface area (Å²) in [7, 11) is 0. The van der Waals surface area contributed by atoms with Crippen LogP contribution >= 0.6 is 0 Å². The van der Waals surface area contributed by atoms with Gasteiger partial charge in [0.1, 0.15) is 0 Å². The van der Waals surface area contributed by atoms with Crippen LogP contribution in [-0.4, -0.2) is 34.1 Å². The SMILES string of the molecule is CC1CCN(C(=O)c2ccc(O)c(O)c2)CC1. The van der Waals surface area contributed by atoms with Crippen LogP contribution in [0.1, 0.15) is 30.1 Å². The van der Waals surface area contributed by atoms with Crippen molar-refractivity contribution in [2.75, 3.05) is 13.1 Å².